The summed E-state index contributed by atoms with van der Waals surface area (Å²) in [5.74, 6) is -2.95. The maximum Gasteiger partial charge on any atom is 0.416 e. The summed E-state index contributed by atoms with van der Waals surface area (Å²) < 4.78 is 43.7. The lowest BCUT2D eigenvalue weighted by molar-refractivity contribution is -0.140. The first-order valence-electron chi connectivity index (χ1n) is 6.48. The molecule has 1 aromatic carbocycles. The third kappa shape index (κ3) is 3.49. The molecule has 0 spiro atoms. The first-order valence-corrected chi connectivity index (χ1v) is 6.48. The lowest BCUT2D eigenvalue weighted by Gasteiger charge is -2.14. The summed E-state index contributed by atoms with van der Waals surface area (Å²) in [6.45, 7) is -0.319. The van der Waals surface area contributed by atoms with Crippen molar-refractivity contribution >= 4 is 11.9 Å². The second kappa shape index (κ2) is 5.86. The fourth-order valence-electron chi connectivity index (χ4n) is 2.17. The van der Waals surface area contributed by atoms with Crippen LogP contribution in [0.15, 0.2) is 18.2 Å². The van der Waals surface area contributed by atoms with Gasteiger partial charge in [0.15, 0.2) is 0 Å². The minimum atomic E-state index is -4.57. The first kappa shape index (κ1) is 16.1. The van der Waals surface area contributed by atoms with E-state index in [9.17, 15) is 22.8 Å². The number of carbonyl (C=O) groups excluding carboxylic acids is 1. The van der Waals surface area contributed by atoms with Gasteiger partial charge in [0.25, 0.3) is 0 Å². The summed E-state index contributed by atoms with van der Waals surface area (Å²) >= 11 is 0. The molecule has 120 valence electrons. The number of alkyl halides is 3. The molecule has 0 heterocycles. The van der Waals surface area contributed by atoms with E-state index >= 15 is 0 Å². The van der Waals surface area contributed by atoms with Crippen molar-refractivity contribution in [2.45, 2.75) is 19.1 Å². The van der Waals surface area contributed by atoms with Crippen molar-refractivity contribution in [2.24, 2.45) is 11.8 Å². The number of methoxy groups -OCH3 is 1. The molecule has 0 aliphatic heterocycles. The molecule has 2 atom stereocenters. The molecule has 1 aliphatic carbocycles. The number of rotatable bonds is 5. The average molecular weight is 317 g/mol. The van der Waals surface area contributed by atoms with Crippen LogP contribution >= 0.6 is 0 Å². The van der Waals surface area contributed by atoms with Crippen LogP contribution < -0.4 is 10.1 Å². The quantitative estimate of drug-likeness (QED) is 0.871. The number of ether oxygens (including phenoxy) is 1. The number of carboxylic acid groups (broad SMARTS) is 1. The monoisotopic (exact) mass is 317 g/mol. The van der Waals surface area contributed by atoms with E-state index in [1.165, 1.54) is 19.2 Å². The number of halogens is 3. The summed E-state index contributed by atoms with van der Waals surface area (Å²) in [5, 5.41) is 11.1. The second-order valence-corrected chi connectivity index (χ2v) is 5.03. The van der Waals surface area contributed by atoms with Crippen LogP contribution in [0.1, 0.15) is 17.5 Å². The van der Waals surface area contributed by atoms with Crippen LogP contribution in [0.25, 0.3) is 0 Å². The Balaban J connectivity index is 2.07. The standard InChI is InChI=1S/C14H14F3NO4/c1-22-8-3-2-7(11(4-8)14(15,16)17)6-18-12(19)9-5-10(9)13(20)21/h2-4,9-10H,5-6H2,1H3,(H,18,19)(H,20,21)/t9-,10-/m0/s1. The highest BCUT2D eigenvalue weighted by atomic mass is 19.4. The number of carbonyl (C=O) groups is 2. The molecule has 2 rings (SSSR count). The van der Waals surface area contributed by atoms with Gasteiger partial charge >= 0.3 is 12.1 Å². The Morgan fingerprint density at radius 2 is 2.05 bits per heavy atom. The van der Waals surface area contributed by atoms with Crippen molar-refractivity contribution in [1.29, 1.82) is 0 Å². The van der Waals surface area contributed by atoms with Crippen molar-refractivity contribution in [3.8, 4) is 5.75 Å². The van der Waals surface area contributed by atoms with Gasteiger partial charge in [-0.05, 0) is 24.1 Å². The molecule has 1 aliphatic rings. The van der Waals surface area contributed by atoms with E-state index in [2.05, 4.69) is 5.32 Å². The van der Waals surface area contributed by atoms with Crippen LogP contribution in [0.3, 0.4) is 0 Å². The highest BCUT2D eigenvalue weighted by molar-refractivity contribution is 5.89. The Morgan fingerprint density at radius 1 is 1.36 bits per heavy atom. The fraction of sp³-hybridized carbons (Fsp3) is 0.429. The molecule has 1 aromatic rings. The van der Waals surface area contributed by atoms with Crippen LogP contribution in [0.4, 0.5) is 13.2 Å². The van der Waals surface area contributed by atoms with E-state index in [0.29, 0.717) is 0 Å². The molecule has 0 saturated heterocycles. The van der Waals surface area contributed by atoms with Gasteiger partial charge in [-0.1, -0.05) is 6.07 Å². The molecule has 1 saturated carbocycles. The topological polar surface area (TPSA) is 75.6 Å². The predicted octanol–water partition coefficient (Wildman–Crippen LogP) is 2.05. The molecule has 2 N–H and O–H groups in total. The number of hydrogen-bond acceptors (Lipinski definition) is 3. The molecule has 0 radical (unpaired) electrons. The van der Waals surface area contributed by atoms with Crippen LogP contribution in [-0.2, 0) is 22.3 Å². The van der Waals surface area contributed by atoms with Crippen LogP contribution in [-0.4, -0.2) is 24.1 Å². The van der Waals surface area contributed by atoms with Crippen LogP contribution in [0.2, 0.25) is 0 Å². The van der Waals surface area contributed by atoms with Gasteiger partial charge in [0.1, 0.15) is 5.75 Å². The van der Waals surface area contributed by atoms with Gasteiger partial charge in [-0.15, -0.1) is 0 Å². The fourth-order valence-corrected chi connectivity index (χ4v) is 2.17. The van der Waals surface area contributed by atoms with Crippen molar-refractivity contribution in [3.05, 3.63) is 29.3 Å². The Morgan fingerprint density at radius 3 is 2.55 bits per heavy atom. The van der Waals surface area contributed by atoms with Crippen molar-refractivity contribution in [1.82, 2.24) is 5.32 Å². The maximum atomic E-state index is 13.0. The largest absolute Gasteiger partial charge is 0.497 e. The highest BCUT2D eigenvalue weighted by Gasteiger charge is 2.48. The van der Waals surface area contributed by atoms with Gasteiger partial charge < -0.3 is 15.2 Å². The lowest BCUT2D eigenvalue weighted by atomic mass is 10.1. The Kier molecular flexibility index (Phi) is 4.30. The first-order chi connectivity index (χ1) is 10.2. The van der Waals surface area contributed by atoms with E-state index in [0.717, 1.165) is 6.07 Å². The lowest BCUT2D eigenvalue weighted by Crippen LogP contribution is -2.27. The van der Waals surface area contributed by atoms with Gasteiger partial charge in [0, 0.05) is 6.54 Å². The minimum Gasteiger partial charge on any atom is -0.497 e. The summed E-state index contributed by atoms with van der Waals surface area (Å²) in [7, 11) is 1.26. The van der Waals surface area contributed by atoms with Gasteiger partial charge in [0.2, 0.25) is 5.91 Å². The third-order valence-electron chi connectivity index (χ3n) is 3.52. The minimum absolute atomic E-state index is 0.0653. The van der Waals surface area contributed by atoms with E-state index < -0.39 is 35.5 Å². The molecule has 1 fully saturated rings. The van der Waals surface area contributed by atoms with E-state index in [1.807, 2.05) is 0 Å². The molecular formula is C14H14F3NO4. The van der Waals surface area contributed by atoms with Gasteiger partial charge in [-0.25, -0.2) is 0 Å². The summed E-state index contributed by atoms with van der Waals surface area (Å²) in [4.78, 5) is 22.4. The molecule has 1 amide bonds. The van der Waals surface area contributed by atoms with Crippen molar-refractivity contribution < 1.29 is 32.6 Å². The normalized spacial score (nSPS) is 20.4. The maximum absolute atomic E-state index is 13.0. The number of carboxylic acids is 1. The molecule has 0 aromatic heterocycles. The van der Waals surface area contributed by atoms with Gasteiger partial charge in [-0.2, -0.15) is 13.2 Å². The average Bonchev–Trinajstić information content (AvgIpc) is 3.24. The zero-order chi connectivity index (χ0) is 16.5. The number of hydrogen-bond donors (Lipinski definition) is 2. The van der Waals surface area contributed by atoms with E-state index in [1.54, 1.807) is 0 Å². The Labute approximate surface area is 124 Å². The second-order valence-electron chi connectivity index (χ2n) is 5.03. The summed E-state index contributed by atoms with van der Waals surface area (Å²) in [6, 6.07) is 3.45. The number of amides is 1. The molecule has 8 heteroatoms. The number of benzene rings is 1. The van der Waals surface area contributed by atoms with Crippen molar-refractivity contribution in [3.63, 3.8) is 0 Å². The van der Waals surface area contributed by atoms with Crippen LogP contribution in [0.5, 0.6) is 5.75 Å². The van der Waals surface area contributed by atoms with Gasteiger partial charge in [-0.3, -0.25) is 9.59 Å². The zero-order valence-corrected chi connectivity index (χ0v) is 11.6. The third-order valence-corrected chi connectivity index (χ3v) is 3.52. The molecule has 5 nitrogen and oxygen atoms in total. The highest BCUT2D eigenvalue weighted by Crippen LogP contribution is 2.39. The Bertz CT molecular complexity index is 600. The smallest absolute Gasteiger partial charge is 0.416 e. The van der Waals surface area contributed by atoms with E-state index in [4.69, 9.17) is 9.84 Å². The molecular weight excluding hydrogens is 303 g/mol. The van der Waals surface area contributed by atoms with E-state index in [-0.39, 0.29) is 24.3 Å². The predicted molar refractivity (Wildman–Crippen MR) is 69.1 cm³/mol. The van der Waals surface area contributed by atoms with Crippen molar-refractivity contribution in [2.75, 3.05) is 7.11 Å². The SMILES string of the molecule is COc1ccc(CNC(=O)[C@H]2C[C@@H]2C(=O)O)c(C(F)(F)F)c1. The number of nitrogens with one attached hydrogen (secondary N) is 1. The summed E-state index contributed by atoms with van der Waals surface area (Å²) in [6.07, 6.45) is -4.35. The molecule has 0 bridgehead atoms. The summed E-state index contributed by atoms with van der Waals surface area (Å²) in [5.41, 5.74) is -0.994. The molecule has 22 heavy (non-hydrogen) atoms. The Hall–Kier alpha value is -2.25. The van der Waals surface area contributed by atoms with Gasteiger partial charge in [0.05, 0.1) is 24.5 Å². The zero-order valence-electron chi connectivity index (χ0n) is 11.6. The van der Waals surface area contributed by atoms with Crippen LogP contribution in [0, 0.1) is 11.8 Å². The molecule has 0 unspecified atom stereocenters. The number of aliphatic carboxylic acids is 1.